The van der Waals surface area contributed by atoms with Gasteiger partial charge in [0.05, 0.1) is 18.8 Å². The highest BCUT2D eigenvalue weighted by atomic mass is 32.2. The zero-order chi connectivity index (χ0) is 22.3. The highest BCUT2D eigenvalue weighted by Crippen LogP contribution is 2.39. The standard InChI is InChI=1S/C24H25N3O4S/c1-16(29)27-20-5-2-4-19(12-20)23-30-21(15-32-24-25-10-3-11-26-24)13-22(31-23)18-8-6-17(14-28)7-9-18/h2-12,21-23,28H,13-15H2,1H3,(H,27,29). The first-order valence-electron chi connectivity index (χ1n) is 10.4. The Kier molecular flexibility index (Phi) is 7.49. The van der Waals surface area contributed by atoms with Crippen molar-refractivity contribution in [2.75, 3.05) is 11.1 Å². The van der Waals surface area contributed by atoms with Gasteiger partial charge in [0.1, 0.15) is 0 Å². The number of hydrogen-bond donors (Lipinski definition) is 2. The summed E-state index contributed by atoms with van der Waals surface area (Å²) in [7, 11) is 0. The van der Waals surface area contributed by atoms with E-state index in [9.17, 15) is 9.90 Å². The first kappa shape index (κ1) is 22.4. The molecule has 4 rings (SSSR count). The molecule has 0 radical (unpaired) electrons. The van der Waals surface area contributed by atoms with Crippen LogP contribution in [0.1, 0.15) is 42.4 Å². The van der Waals surface area contributed by atoms with Crippen LogP contribution in [0.2, 0.25) is 0 Å². The van der Waals surface area contributed by atoms with Crippen LogP contribution in [0.25, 0.3) is 0 Å². The summed E-state index contributed by atoms with van der Waals surface area (Å²) in [6.45, 7) is 1.48. The molecule has 2 N–H and O–H groups in total. The van der Waals surface area contributed by atoms with Crippen LogP contribution >= 0.6 is 11.8 Å². The summed E-state index contributed by atoms with van der Waals surface area (Å²) in [6.07, 6.45) is 3.29. The van der Waals surface area contributed by atoms with Crippen molar-refractivity contribution in [2.24, 2.45) is 0 Å². The van der Waals surface area contributed by atoms with Crippen LogP contribution in [0.5, 0.6) is 0 Å². The number of ether oxygens (including phenoxy) is 2. The molecule has 0 spiro atoms. The van der Waals surface area contributed by atoms with Gasteiger partial charge in [-0.1, -0.05) is 48.2 Å². The quantitative estimate of drug-likeness (QED) is 0.409. The summed E-state index contributed by atoms with van der Waals surface area (Å²) < 4.78 is 12.6. The summed E-state index contributed by atoms with van der Waals surface area (Å²) in [4.78, 5) is 20.0. The van der Waals surface area contributed by atoms with Crippen molar-refractivity contribution >= 4 is 23.4 Å². The summed E-state index contributed by atoms with van der Waals surface area (Å²) in [5.41, 5.74) is 3.41. The van der Waals surface area contributed by atoms with Crippen molar-refractivity contribution in [3.63, 3.8) is 0 Å². The predicted octanol–water partition coefficient (Wildman–Crippen LogP) is 4.27. The second-order valence-electron chi connectivity index (χ2n) is 7.50. The molecule has 0 saturated carbocycles. The van der Waals surface area contributed by atoms with Crippen LogP contribution in [0.4, 0.5) is 5.69 Å². The Labute approximate surface area is 191 Å². The molecule has 3 aromatic rings. The molecule has 1 amide bonds. The Morgan fingerprint density at radius 2 is 1.88 bits per heavy atom. The fraction of sp³-hybridized carbons (Fsp3) is 0.292. The summed E-state index contributed by atoms with van der Waals surface area (Å²) >= 11 is 1.55. The molecule has 0 bridgehead atoms. The molecule has 166 valence electrons. The number of thioether (sulfide) groups is 1. The summed E-state index contributed by atoms with van der Waals surface area (Å²) in [6, 6.07) is 17.1. The van der Waals surface area contributed by atoms with Crippen LogP contribution in [-0.4, -0.2) is 32.8 Å². The zero-order valence-electron chi connectivity index (χ0n) is 17.7. The third-order valence-corrected chi connectivity index (χ3v) is 6.04. The monoisotopic (exact) mass is 451 g/mol. The number of anilines is 1. The number of carbonyl (C=O) groups excluding carboxylic acids is 1. The molecule has 1 aliphatic heterocycles. The fourth-order valence-electron chi connectivity index (χ4n) is 3.52. The van der Waals surface area contributed by atoms with Crippen LogP contribution in [-0.2, 0) is 20.9 Å². The normalized spacial score (nSPS) is 20.6. The number of rotatable bonds is 7. The molecular weight excluding hydrogens is 426 g/mol. The third-order valence-electron chi connectivity index (χ3n) is 5.03. The van der Waals surface area contributed by atoms with E-state index in [1.807, 2.05) is 48.5 Å². The van der Waals surface area contributed by atoms with Crippen LogP contribution in [0.15, 0.2) is 72.1 Å². The number of carbonyl (C=O) groups is 1. The van der Waals surface area contributed by atoms with Crippen LogP contribution in [0, 0.1) is 0 Å². The maximum Gasteiger partial charge on any atom is 0.221 e. The van der Waals surface area contributed by atoms with Gasteiger partial charge in [-0.05, 0) is 29.3 Å². The summed E-state index contributed by atoms with van der Waals surface area (Å²) in [5.74, 6) is 0.548. The Hall–Kier alpha value is -2.78. The maximum atomic E-state index is 11.5. The van der Waals surface area contributed by atoms with Gasteiger partial charge in [0.15, 0.2) is 11.4 Å². The smallest absolute Gasteiger partial charge is 0.221 e. The molecule has 1 aromatic heterocycles. The minimum Gasteiger partial charge on any atom is -0.392 e. The number of aliphatic hydroxyl groups is 1. The SMILES string of the molecule is CC(=O)Nc1cccc(C2OC(CSc3ncccn3)CC(c3ccc(CO)cc3)O2)c1. The van der Waals surface area contributed by atoms with E-state index >= 15 is 0 Å². The lowest BCUT2D eigenvalue weighted by Crippen LogP contribution is -2.31. The molecule has 3 atom stereocenters. The first-order chi connectivity index (χ1) is 15.6. The van der Waals surface area contributed by atoms with Crippen molar-refractivity contribution < 1.29 is 19.4 Å². The van der Waals surface area contributed by atoms with Crippen LogP contribution in [0.3, 0.4) is 0 Å². The lowest BCUT2D eigenvalue weighted by Gasteiger charge is -2.36. The highest BCUT2D eigenvalue weighted by Gasteiger charge is 2.32. The molecule has 1 saturated heterocycles. The van der Waals surface area contributed by atoms with Crippen molar-refractivity contribution in [3.05, 3.63) is 83.7 Å². The van der Waals surface area contributed by atoms with Crippen molar-refractivity contribution in [3.8, 4) is 0 Å². The van der Waals surface area contributed by atoms with E-state index in [0.717, 1.165) is 16.7 Å². The Balaban J connectivity index is 1.55. The van der Waals surface area contributed by atoms with E-state index in [1.165, 1.54) is 6.92 Å². The van der Waals surface area contributed by atoms with Gasteiger partial charge < -0.3 is 19.9 Å². The van der Waals surface area contributed by atoms with Crippen molar-refractivity contribution in [1.29, 1.82) is 0 Å². The number of amides is 1. The molecule has 0 aliphatic carbocycles. The van der Waals surface area contributed by atoms with Gasteiger partial charge in [-0.25, -0.2) is 9.97 Å². The Bertz CT molecular complexity index is 1030. The van der Waals surface area contributed by atoms with Gasteiger partial charge in [-0.3, -0.25) is 4.79 Å². The van der Waals surface area contributed by atoms with Gasteiger partial charge in [0.25, 0.3) is 0 Å². The number of benzene rings is 2. The zero-order valence-corrected chi connectivity index (χ0v) is 18.5. The first-order valence-corrected chi connectivity index (χ1v) is 11.4. The van der Waals surface area contributed by atoms with E-state index < -0.39 is 6.29 Å². The van der Waals surface area contributed by atoms with E-state index in [-0.39, 0.29) is 24.7 Å². The third kappa shape index (κ3) is 5.92. The fourth-order valence-corrected chi connectivity index (χ4v) is 4.34. The minimum absolute atomic E-state index is 0.00379. The summed E-state index contributed by atoms with van der Waals surface area (Å²) in [5, 5.41) is 12.9. The van der Waals surface area contributed by atoms with E-state index in [0.29, 0.717) is 23.0 Å². The molecule has 7 nitrogen and oxygen atoms in total. The van der Waals surface area contributed by atoms with Gasteiger partial charge in [-0.2, -0.15) is 0 Å². The van der Waals surface area contributed by atoms with E-state index in [4.69, 9.17) is 9.47 Å². The molecule has 8 heteroatoms. The number of aromatic nitrogens is 2. The molecule has 32 heavy (non-hydrogen) atoms. The topological polar surface area (TPSA) is 93.6 Å². The average molecular weight is 452 g/mol. The predicted molar refractivity (Wildman–Crippen MR) is 122 cm³/mol. The van der Waals surface area contributed by atoms with Gasteiger partial charge in [0.2, 0.25) is 5.91 Å². The van der Waals surface area contributed by atoms with Gasteiger partial charge >= 0.3 is 0 Å². The second kappa shape index (κ2) is 10.7. The number of hydrogen-bond acceptors (Lipinski definition) is 7. The lowest BCUT2D eigenvalue weighted by atomic mass is 10.0. The van der Waals surface area contributed by atoms with Crippen molar-refractivity contribution in [1.82, 2.24) is 9.97 Å². The van der Waals surface area contributed by atoms with Crippen LogP contribution < -0.4 is 5.32 Å². The van der Waals surface area contributed by atoms with E-state index in [1.54, 1.807) is 30.2 Å². The number of nitrogens with one attached hydrogen (secondary N) is 1. The molecule has 2 aromatic carbocycles. The lowest BCUT2D eigenvalue weighted by molar-refractivity contribution is -0.245. The Morgan fingerprint density at radius 1 is 1.09 bits per heavy atom. The van der Waals surface area contributed by atoms with Gasteiger partial charge in [0, 0.05) is 42.7 Å². The average Bonchev–Trinajstić information content (AvgIpc) is 2.83. The molecule has 1 aliphatic rings. The minimum atomic E-state index is -0.581. The van der Waals surface area contributed by atoms with Crippen molar-refractivity contribution in [2.45, 2.75) is 43.6 Å². The largest absolute Gasteiger partial charge is 0.392 e. The second-order valence-corrected chi connectivity index (χ2v) is 8.49. The van der Waals surface area contributed by atoms with Gasteiger partial charge in [-0.15, -0.1) is 0 Å². The van der Waals surface area contributed by atoms with E-state index in [2.05, 4.69) is 15.3 Å². The molecule has 3 unspecified atom stereocenters. The molecule has 2 heterocycles. The highest BCUT2D eigenvalue weighted by molar-refractivity contribution is 7.99. The maximum absolute atomic E-state index is 11.5. The molecular formula is C24H25N3O4S. The Morgan fingerprint density at radius 3 is 2.59 bits per heavy atom. The number of nitrogens with zero attached hydrogens (tertiary/aromatic N) is 2. The number of aliphatic hydroxyl groups excluding tert-OH is 1. The molecule has 1 fully saturated rings.